The lowest BCUT2D eigenvalue weighted by molar-refractivity contribution is 0.00690. The van der Waals surface area contributed by atoms with Crippen LogP contribution < -0.4 is 10.6 Å². The van der Waals surface area contributed by atoms with Gasteiger partial charge in [0.25, 0.3) is 0 Å². The first-order chi connectivity index (χ1) is 16.1. The van der Waals surface area contributed by atoms with Crippen molar-refractivity contribution in [2.45, 2.75) is 30.3 Å². The van der Waals surface area contributed by atoms with Gasteiger partial charge in [-0.3, -0.25) is 4.90 Å². The molecule has 1 aromatic carbocycles. The van der Waals surface area contributed by atoms with E-state index in [-0.39, 0.29) is 17.3 Å². The standard InChI is InChI=1S/C23H32FN4O4PS/c1-33(2,29)20-7-3-5-18(13-20)15-25-23-22(24)14-21(16-26-23)34(30,31)28-10-8-27(9-11-28)19-6-4-12-32-17-19/h3,5,7,13-14,16,19H,4,6,8-12,15,17H2,1-2H3,(H,25,26). The molecule has 34 heavy (non-hydrogen) atoms. The molecule has 1 atom stereocenters. The Bertz CT molecular complexity index is 1160. The third kappa shape index (κ3) is 5.86. The lowest BCUT2D eigenvalue weighted by Crippen LogP contribution is -2.53. The van der Waals surface area contributed by atoms with Crippen molar-refractivity contribution in [2.75, 3.05) is 58.0 Å². The first-order valence-electron chi connectivity index (χ1n) is 11.5. The fourth-order valence-electron chi connectivity index (χ4n) is 4.35. The first-order valence-corrected chi connectivity index (χ1v) is 15.5. The van der Waals surface area contributed by atoms with Crippen molar-refractivity contribution in [3.63, 3.8) is 0 Å². The summed E-state index contributed by atoms with van der Waals surface area (Å²) >= 11 is 0. The van der Waals surface area contributed by atoms with E-state index in [4.69, 9.17) is 4.74 Å². The van der Waals surface area contributed by atoms with Crippen LogP contribution in [-0.2, 0) is 25.9 Å². The molecular weight excluding hydrogens is 478 g/mol. The van der Waals surface area contributed by atoms with Gasteiger partial charge in [-0.25, -0.2) is 17.8 Å². The molecule has 0 radical (unpaired) electrons. The van der Waals surface area contributed by atoms with E-state index in [1.807, 2.05) is 24.3 Å². The van der Waals surface area contributed by atoms with Crippen LogP contribution in [0.3, 0.4) is 0 Å². The minimum atomic E-state index is -3.83. The van der Waals surface area contributed by atoms with Crippen molar-refractivity contribution in [1.82, 2.24) is 14.2 Å². The highest BCUT2D eigenvalue weighted by atomic mass is 32.2. The predicted octanol–water partition coefficient (Wildman–Crippen LogP) is 2.57. The van der Waals surface area contributed by atoms with E-state index < -0.39 is 23.0 Å². The van der Waals surface area contributed by atoms with Crippen LogP contribution >= 0.6 is 7.14 Å². The molecule has 0 saturated carbocycles. The molecule has 1 aromatic heterocycles. The zero-order valence-electron chi connectivity index (χ0n) is 19.6. The molecule has 1 unspecified atom stereocenters. The van der Waals surface area contributed by atoms with Crippen LogP contribution in [0.1, 0.15) is 18.4 Å². The van der Waals surface area contributed by atoms with Crippen molar-refractivity contribution >= 4 is 28.3 Å². The van der Waals surface area contributed by atoms with Gasteiger partial charge in [0.2, 0.25) is 10.0 Å². The number of aromatic nitrogens is 1. The maximum Gasteiger partial charge on any atom is 0.244 e. The summed E-state index contributed by atoms with van der Waals surface area (Å²) in [6.45, 7) is 7.13. The van der Waals surface area contributed by atoms with Crippen molar-refractivity contribution in [1.29, 1.82) is 0 Å². The summed E-state index contributed by atoms with van der Waals surface area (Å²) < 4.78 is 60.1. The average Bonchev–Trinajstić information content (AvgIpc) is 2.83. The Morgan fingerprint density at radius 2 is 1.97 bits per heavy atom. The Balaban J connectivity index is 1.39. The number of rotatable bonds is 7. The van der Waals surface area contributed by atoms with E-state index in [9.17, 15) is 17.4 Å². The van der Waals surface area contributed by atoms with E-state index in [1.54, 1.807) is 13.3 Å². The molecule has 2 saturated heterocycles. The van der Waals surface area contributed by atoms with Crippen LogP contribution in [-0.4, -0.2) is 81.4 Å². The lowest BCUT2D eigenvalue weighted by Gasteiger charge is -2.39. The number of hydrogen-bond acceptors (Lipinski definition) is 7. The molecule has 0 bridgehead atoms. The number of hydrogen-bond donors (Lipinski definition) is 1. The fraction of sp³-hybridized carbons (Fsp3) is 0.522. The summed E-state index contributed by atoms with van der Waals surface area (Å²) in [6.07, 6.45) is 3.29. The second-order valence-electron chi connectivity index (χ2n) is 9.19. The zero-order valence-corrected chi connectivity index (χ0v) is 21.3. The molecular formula is C23H32FN4O4PS. The van der Waals surface area contributed by atoms with Gasteiger partial charge in [0, 0.05) is 56.9 Å². The van der Waals surface area contributed by atoms with E-state index in [0.717, 1.165) is 36.4 Å². The molecule has 11 heteroatoms. The minimum Gasteiger partial charge on any atom is -0.380 e. The summed E-state index contributed by atoms with van der Waals surface area (Å²) in [7, 11) is -6.23. The molecule has 0 aliphatic carbocycles. The molecule has 2 aliphatic heterocycles. The highest BCUT2D eigenvalue weighted by Gasteiger charge is 2.32. The largest absolute Gasteiger partial charge is 0.380 e. The maximum atomic E-state index is 14.7. The monoisotopic (exact) mass is 510 g/mol. The lowest BCUT2D eigenvalue weighted by atomic mass is 10.1. The molecule has 8 nitrogen and oxygen atoms in total. The number of pyridine rings is 1. The van der Waals surface area contributed by atoms with Gasteiger partial charge in [0.1, 0.15) is 12.0 Å². The summed E-state index contributed by atoms with van der Waals surface area (Å²) in [5.74, 6) is -0.755. The number of benzene rings is 1. The highest BCUT2D eigenvalue weighted by molar-refractivity contribution is 7.89. The number of piperazine rings is 1. The van der Waals surface area contributed by atoms with E-state index in [0.29, 0.717) is 38.8 Å². The molecule has 2 fully saturated rings. The normalized spacial score (nSPS) is 20.9. The Labute approximate surface area is 200 Å². The van der Waals surface area contributed by atoms with Gasteiger partial charge in [-0.15, -0.1) is 0 Å². The number of nitrogens with zero attached hydrogens (tertiary/aromatic N) is 3. The third-order valence-corrected chi connectivity index (χ3v) is 9.76. The Kier molecular flexibility index (Phi) is 7.74. The predicted molar refractivity (Wildman–Crippen MR) is 131 cm³/mol. The molecule has 2 aromatic rings. The number of anilines is 1. The third-order valence-electron chi connectivity index (χ3n) is 6.37. The second kappa shape index (κ2) is 10.4. The summed E-state index contributed by atoms with van der Waals surface area (Å²) in [4.78, 5) is 6.17. The van der Waals surface area contributed by atoms with Crippen LogP contribution in [0.15, 0.2) is 41.4 Å². The zero-order chi connectivity index (χ0) is 24.3. The van der Waals surface area contributed by atoms with E-state index >= 15 is 0 Å². The molecule has 0 amide bonds. The quantitative estimate of drug-likeness (QED) is 0.573. The summed E-state index contributed by atoms with van der Waals surface area (Å²) in [5, 5.41) is 3.65. The summed E-state index contributed by atoms with van der Waals surface area (Å²) in [5.41, 5.74) is 0.834. The number of sulfonamides is 1. The summed E-state index contributed by atoms with van der Waals surface area (Å²) in [6, 6.07) is 8.66. The Morgan fingerprint density at radius 3 is 2.62 bits per heavy atom. The van der Waals surface area contributed by atoms with Gasteiger partial charge in [0.05, 0.1) is 6.61 Å². The van der Waals surface area contributed by atoms with Crippen LogP contribution in [0, 0.1) is 5.82 Å². The van der Waals surface area contributed by atoms with Gasteiger partial charge in [0.15, 0.2) is 11.6 Å². The first kappa shape index (κ1) is 25.3. The molecule has 1 N–H and O–H groups in total. The van der Waals surface area contributed by atoms with Gasteiger partial charge in [-0.2, -0.15) is 4.31 Å². The Morgan fingerprint density at radius 1 is 1.21 bits per heavy atom. The molecule has 2 aliphatic rings. The Hall–Kier alpha value is -1.84. The maximum absolute atomic E-state index is 14.7. The topological polar surface area (TPSA) is 91.8 Å². The van der Waals surface area contributed by atoms with E-state index in [2.05, 4.69) is 15.2 Å². The van der Waals surface area contributed by atoms with Crippen molar-refractivity contribution in [3.8, 4) is 0 Å². The van der Waals surface area contributed by atoms with Crippen LogP contribution in [0.5, 0.6) is 0 Å². The van der Waals surface area contributed by atoms with Crippen LogP contribution in [0.25, 0.3) is 0 Å². The molecule has 186 valence electrons. The smallest absolute Gasteiger partial charge is 0.244 e. The van der Waals surface area contributed by atoms with Gasteiger partial charge >= 0.3 is 0 Å². The van der Waals surface area contributed by atoms with Crippen molar-refractivity contribution in [2.24, 2.45) is 0 Å². The second-order valence-corrected chi connectivity index (χ2v) is 14.3. The minimum absolute atomic E-state index is 0.0253. The van der Waals surface area contributed by atoms with Crippen molar-refractivity contribution in [3.05, 3.63) is 47.9 Å². The number of ether oxygens (including phenoxy) is 1. The molecule has 0 spiro atoms. The highest BCUT2D eigenvalue weighted by Crippen LogP contribution is 2.34. The van der Waals surface area contributed by atoms with E-state index in [1.165, 1.54) is 10.5 Å². The van der Waals surface area contributed by atoms with Gasteiger partial charge < -0.3 is 14.6 Å². The molecule has 3 heterocycles. The van der Waals surface area contributed by atoms with Crippen molar-refractivity contribution < 1.29 is 22.1 Å². The fourth-order valence-corrected chi connectivity index (χ4v) is 6.65. The van der Waals surface area contributed by atoms with Crippen LogP contribution in [0.4, 0.5) is 10.2 Å². The SMILES string of the molecule is CP(C)(=O)c1cccc(CNc2ncc(S(=O)(=O)N3CCN(C4CCCOC4)CC3)cc2F)c1. The van der Waals surface area contributed by atoms with Crippen LogP contribution in [0.2, 0.25) is 0 Å². The number of halogens is 1. The average molecular weight is 511 g/mol. The molecule has 4 rings (SSSR count). The van der Waals surface area contributed by atoms with Gasteiger partial charge in [-0.1, -0.05) is 18.2 Å². The number of nitrogens with one attached hydrogen (secondary N) is 1. The van der Waals surface area contributed by atoms with Gasteiger partial charge in [-0.05, 0) is 43.9 Å².